The van der Waals surface area contributed by atoms with Gasteiger partial charge in [0, 0.05) is 16.9 Å². The van der Waals surface area contributed by atoms with Gasteiger partial charge in [-0.15, -0.1) is 5.10 Å². The lowest BCUT2D eigenvalue weighted by molar-refractivity contribution is 0.477. The van der Waals surface area contributed by atoms with Crippen molar-refractivity contribution in [3.63, 3.8) is 0 Å². The molecule has 0 N–H and O–H groups in total. The van der Waals surface area contributed by atoms with Gasteiger partial charge in [-0.25, -0.2) is 0 Å². The van der Waals surface area contributed by atoms with E-state index < -0.39 is 0 Å². The van der Waals surface area contributed by atoms with E-state index >= 15 is 0 Å². The van der Waals surface area contributed by atoms with Gasteiger partial charge in [0.05, 0.1) is 6.20 Å². The highest BCUT2D eigenvalue weighted by molar-refractivity contribution is 9.09. The summed E-state index contributed by atoms with van der Waals surface area (Å²) in [6, 6.07) is 3.49. The van der Waals surface area contributed by atoms with Crippen LogP contribution >= 0.6 is 15.9 Å². The SMILES string of the molecule is Cc1cnnc(N2C3CCC2CC(Br)C3)c1. The number of anilines is 1. The number of rotatable bonds is 1. The van der Waals surface area contributed by atoms with Gasteiger partial charge in [0.15, 0.2) is 5.82 Å². The van der Waals surface area contributed by atoms with Crippen LogP contribution in [0.3, 0.4) is 0 Å². The van der Waals surface area contributed by atoms with Crippen LogP contribution in [-0.2, 0) is 0 Å². The molecule has 2 saturated heterocycles. The highest BCUT2D eigenvalue weighted by atomic mass is 79.9. The van der Waals surface area contributed by atoms with E-state index in [0.29, 0.717) is 16.9 Å². The average molecular weight is 282 g/mol. The van der Waals surface area contributed by atoms with Gasteiger partial charge in [0.1, 0.15) is 0 Å². The van der Waals surface area contributed by atoms with Crippen molar-refractivity contribution in [2.75, 3.05) is 4.90 Å². The van der Waals surface area contributed by atoms with Crippen LogP contribution in [0.4, 0.5) is 5.82 Å². The predicted octanol–water partition coefficient (Wildman–Crippen LogP) is 2.68. The number of fused-ring (bicyclic) bond motifs is 2. The first-order valence-electron chi connectivity index (χ1n) is 5.96. The number of alkyl halides is 1. The Balaban J connectivity index is 1.91. The molecule has 86 valence electrons. The molecule has 4 heteroatoms. The van der Waals surface area contributed by atoms with Crippen LogP contribution in [0, 0.1) is 6.92 Å². The molecule has 0 saturated carbocycles. The lowest BCUT2D eigenvalue weighted by Gasteiger charge is -2.37. The molecule has 3 heterocycles. The van der Waals surface area contributed by atoms with Gasteiger partial charge in [-0.2, -0.15) is 5.10 Å². The number of aromatic nitrogens is 2. The molecule has 0 spiro atoms. The quantitative estimate of drug-likeness (QED) is 0.742. The first-order valence-corrected chi connectivity index (χ1v) is 6.87. The summed E-state index contributed by atoms with van der Waals surface area (Å²) in [5.41, 5.74) is 1.20. The molecular weight excluding hydrogens is 266 g/mol. The van der Waals surface area contributed by atoms with Crippen molar-refractivity contribution in [3.05, 3.63) is 17.8 Å². The lowest BCUT2D eigenvalue weighted by Crippen LogP contribution is -2.43. The number of halogens is 1. The molecule has 0 amide bonds. The topological polar surface area (TPSA) is 29.0 Å². The molecule has 3 rings (SSSR count). The minimum Gasteiger partial charge on any atom is -0.349 e. The Morgan fingerprint density at radius 1 is 1.31 bits per heavy atom. The fourth-order valence-electron chi connectivity index (χ4n) is 3.06. The maximum absolute atomic E-state index is 4.29. The van der Waals surface area contributed by atoms with E-state index in [0.717, 1.165) is 5.82 Å². The second-order valence-electron chi connectivity index (χ2n) is 4.95. The summed E-state index contributed by atoms with van der Waals surface area (Å²) in [7, 11) is 0. The molecule has 2 bridgehead atoms. The zero-order valence-corrected chi connectivity index (χ0v) is 11.0. The van der Waals surface area contributed by atoms with Gasteiger partial charge in [0.2, 0.25) is 0 Å². The van der Waals surface area contributed by atoms with Crippen LogP contribution < -0.4 is 4.90 Å². The molecule has 2 aliphatic rings. The maximum atomic E-state index is 4.29. The van der Waals surface area contributed by atoms with Gasteiger partial charge in [-0.3, -0.25) is 0 Å². The van der Waals surface area contributed by atoms with E-state index in [1.165, 1.54) is 31.2 Å². The van der Waals surface area contributed by atoms with Crippen molar-refractivity contribution >= 4 is 21.7 Å². The number of hydrogen-bond donors (Lipinski definition) is 0. The third-order valence-corrected chi connectivity index (χ3v) is 4.47. The smallest absolute Gasteiger partial charge is 0.151 e. The fraction of sp³-hybridized carbons (Fsp3) is 0.667. The maximum Gasteiger partial charge on any atom is 0.151 e. The Morgan fingerprint density at radius 2 is 2.00 bits per heavy atom. The molecule has 0 aromatic carbocycles. The van der Waals surface area contributed by atoms with Gasteiger partial charge in [-0.1, -0.05) is 15.9 Å². The van der Waals surface area contributed by atoms with Crippen LogP contribution in [0.25, 0.3) is 0 Å². The van der Waals surface area contributed by atoms with Crippen molar-refractivity contribution in [1.82, 2.24) is 10.2 Å². The number of nitrogens with zero attached hydrogens (tertiary/aromatic N) is 3. The zero-order chi connectivity index (χ0) is 11.1. The standard InChI is InChI=1S/C12H16BrN3/c1-8-4-12(15-14-7-8)16-10-2-3-11(16)6-9(13)5-10/h4,7,9-11H,2-3,5-6H2,1H3. The zero-order valence-electron chi connectivity index (χ0n) is 9.43. The molecule has 2 fully saturated rings. The Bertz CT molecular complexity index is 382. The Kier molecular flexibility index (Phi) is 2.62. The van der Waals surface area contributed by atoms with Gasteiger partial charge in [-0.05, 0) is 44.2 Å². The van der Waals surface area contributed by atoms with Crippen LogP contribution in [0.2, 0.25) is 0 Å². The third kappa shape index (κ3) is 1.73. The van der Waals surface area contributed by atoms with E-state index in [-0.39, 0.29) is 0 Å². The number of piperidine rings is 1. The largest absolute Gasteiger partial charge is 0.349 e. The highest BCUT2D eigenvalue weighted by Crippen LogP contribution is 2.40. The normalized spacial score (nSPS) is 33.1. The predicted molar refractivity (Wildman–Crippen MR) is 68.0 cm³/mol. The first-order chi connectivity index (χ1) is 7.74. The van der Waals surface area contributed by atoms with Gasteiger partial charge in [0.25, 0.3) is 0 Å². The molecule has 1 aromatic rings. The molecule has 2 atom stereocenters. The molecule has 1 aromatic heterocycles. The van der Waals surface area contributed by atoms with Crippen molar-refractivity contribution < 1.29 is 0 Å². The lowest BCUT2D eigenvalue weighted by atomic mass is 10.0. The van der Waals surface area contributed by atoms with E-state index in [2.05, 4.69) is 44.0 Å². The van der Waals surface area contributed by atoms with Crippen molar-refractivity contribution in [3.8, 4) is 0 Å². The molecule has 0 radical (unpaired) electrons. The van der Waals surface area contributed by atoms with Gasteiger partial charge < -0.3 is 4.90 Å². The summed E-state index contributed by atoms with van der Waals surface area (Å²) in [4.78, 5) is 3.19. The van der Waals surface area contributed by atoms with Crippen LogP contribution in [0.1, 0.15) is 31.2 Å². The summed E-state index contributed by atoms with van der Waals surface area (Å²) in [6.45, 7) is 2.08. The summed E-state index contributed by atoms with van der Waals surface area (Å²) >= 11 is 3.76. The number of hydrogen-bond acceptors (Lipinski definition) is 3. The van der Waals surface area contributed by atoms with Crippen LogP contribution in [-0.4, -0.2) is 27.1 Å². The number of aryl methyl sites for hydroxylation is 1. The molecule has 0 aliphatic carbocycles. The highest BCUT2D eigenvalue weighted by Gasteiger charge is 2.40. The van der Waals surface area contributed by atoms with Crippen LogP contribution in [0.5, 0.6) is 0 Å². The third-order valence-electron chi connectivity index (χ3n) is 3.72. The van der Waals surface area contributed by atoms with E-state index in [4.69, 9.17) is 0 Å². The van der Waals surface area contributed by atoms with E-state index in [1.54, 1.807) is 0 Å². The molecule has 16 heavy (non-hydrogen) atoms. The van der Waals surface area contributed by atoms with Crippen molar-refractivity contribution in [1.29, 1.82) is 0 Å². The van der Waals surface area contributed by atoms with Gasteiger partial charge >= 0.3 is 0 Å². The monoisotopic (exact) mass is 281 g/mol. The van der Waals surface area contributed by atoms with Crippen molar-refractivity contribution in [2.24, 2.45) is 0 Å². The Labute approximate surface area is 104 Å². The summed E-state index contributed by atoms with van der Waals surface area (Å²) in [6.07, 6.45) is 6.92. The van der Waals surface area contributed by atoms with E-state index in [9.17, 15) is 0 Å². The molecule has 2 aliphatic heterocycles. The van der Waals surface area contributed by atoms with Crippen LogP contribution in [0.15, 0.2) is 12.3 Å². The second-order valence-corrected chi connectivity index (χ2v) is 6.25. The average Bonchev–Trinajstić information content (AvgIpc) is 2.51. The minimum absolute atomic E-state index is 0.666. The summed E-state index contributed by atoms with van der Waals surface area (Å²) in [5, 5.41) is 8.36. The Hall–Kier alpha value is -0.640. The Morgan fingerprint density at radius 3 is 2.62 bits per heavy atom. The first kappa shape index (κ1) is 10.5. The minimum atomic E-state index is 0.666. The fourth-order valence-corrected chi connectivity index (χ4v) is 3.92. The van der Waals surface area contributed by atoms with Crippen molar-refractivity contribution in [2.45, 2.75) is 49.5 Å². The molecule has 2 unspecified atom stereocenters. The summed E-state index contributed by atoms with van der Waals surface area (Å²) in [5.74, 6) is 1.08. The molecule has 3 nitrogen and oxygen atoms in total. The second kappa shape index (κ2) is 3.99. The summed E-state index contributed by atoms with van der Waals surface area (Å²) < 4.78 is 0. The van der Waals surface area contributed by atoms with E-state index in [1.807, 2.05) is 6.20 Å². The molecular formula is C12H16BrN3.